The van der Waals surface area contributed by atoms with Gasteiger partial charge in [-0.3, -0.25) is 5.73 Å². The summed E-state index contributed by atoms with van der Waals surface area (Å²) in [5.41, 5.74) is 6.68. The van der Waals surface area contributed by atoms with Crippen molar-refractivity contribution in [1.29, 1.82) is 0 Å². The van der Waals surface area contributed by atoms with Crippen molar-refractivity contribution < 1.29 is 13.2 Å². The average molecular weight is 381 g/mol. The van der Waals surface area contributed by atoms with Crippen molar-refractivity contribution in [2.24, 2.45) is 10.7 Å². The van der Waals surface area contributed by atoms with Gasteiger partial charge in [0.15, 0.2) is 5.79 Å². The molecule has 136 valence electrons. The van der Waals surface area contributed by atoms with E-state index >= 15 is 0 Å². The summed E-state index contributed by atoms with van der Waals surface area (Å²) in [5, 5.41) is 5.95. The smallest absolute Gasteiger partial charge is 0.353 e. The molecule has 0 aliphatic carbocycles. The fourth-order valence-electron chi connectivity index (χ4n) is 2.54. The van der Waals surface area contributed by atoms with E-state index in [0.717, 1.165) is 17.7 Å². The zero-order valence-electron chi connectivity index (χ0n) is 13.5. The van der Waals surface area contributed by atoms with E-state index in [1.165, 1.54) is 18.3 Å². The van der Waals surface area contributed by atoms with Crippen LogP contribution in [0.5, 0.6) is 0 Å². The number of amidine groups is 1. The van der Waals surface area contributed by atoms with Crippen LogP contribution in [0.25, 0.3) is 0 Å². The molecule has 1 atom stereocenters. The third-order valence-corrected chi connectivity index (χ3v) is 4.04. The molecule has 3 rings (SSSR count). The second-order valence-corrected chi connectivity index (χ2v) is 6.29. The van der Waals surface area contributed by atoms with E-state index in [1.54, 1.807) is 0 Å². The first-order valence-electron chi connectivity index (χ1n) is 7.76. The molecule has 4 N–H and O–H groups in total. The van der Waals surface area contributed by atoms with E-state index in [1.807, 2.05) is 30.3 Å². The minimum Gasteiger partial charge on any atom is -0.353 e. The van der Waals surface area contributed by atoms with Crippen molar-refractivity contribution in [2.75, 3.05) is 5.32 Å². The Balaban J connectivity index is 1.84. The molecule has 1 aliphatic heterocycles. The number of aliphatic imine (C=N–C) groups is 1. The van der Waals surface area contributed by atoms with Crippen LogP contribution >= 0.6 is 11.6 Å². The van der Waals surface area contributed by atoms with Crippen LogP contribution in [0.2, 0.25) is 0 Å². The molecule has 2 aromatic rings. The second kappa shape index (κ2) is 7.01. The number of halogens is 4. The normalized spacial score (nSPS) is 20.0. The van der Waals surface area contributed by atoms with Gasteiger partial charge in [-0.15, -0.1) is 0 Å². The summed E-state index contributed by atoms with van der Waals surface area (Å²) in [6.45, 7) is 0. The lowest BCUT2D eigenvalue weighted by atomic mass is 10.1. The molecular weight excluding hydrogens is 365 g/mol. The van der Waals surface area contributed by atoms with Crippen LogP contribution < -0.4 is 16.4 Å². The van der Waals surface area contributed by atoms with Crippen LogP contribution in [0.3, 0.4) is 0 Å². The molecule has 0 aromatic heterocycles. The summed E-state index contributed by atoms with van der Waals surface area (Å²) < 4.78 is 38.6. The van der Waals surface area contributed by atoms with Gasteiger partial charge in [0.05, 0.1) is 10.6 Å². The van der Waals surface area contributed by atoms with E-state index in [0.29, 0.717) is 6.42 Å². The van der Waals surface area contributed by atoms with Gasteiger partial charge in [0, 0.05) is 18.3 Å². The largest absolute Gasteiger partial charge is 0.416 e. The Kier molecular flexibility index (Phi) is 4.93. The summed E-state index contributed by atoms with van der Waals surface area (Å²) in [6.07, 6.45) is -2.58. The lowest BCUT2D eigenvalue weighted by molar-refractivity contribution is -0.137. The molecule has 8 heteroatoms. The van der Waals surface area contributed by atoms with Crippen LogP contribution in [0.4, 0.5) is 18.9 Å². The highest BCUT2D eigenvalue weighted by Crippen LogP contribution is 2.31. The van der Waals surface area contributed by atoms with Crippen molar-refractivity contribution in [2.45, 2.75) is 18.4 Å². The highest BCUT2D eigenvalue weighted by molar-refractivity contribution is 6.45. The van der Waals surface area contributed by atoms with Crippen LogP contribution in [-0.4, -0.2) is 11.6 Å². The second-order valence-electron chi connectivity index (χ2n) is 5.89. The number of nitrogens with one attached hydrogen (secondary N) is 2. The Morgan fingerprint density at radius 1 is 1.12 bits per heavy atom. The van der Waals surface area contributed by atoms with Gasteiger partial charge in [-0.25, -0.2) is 4.99 Å². The Morgan fingerprint density at radius 3 is 2.54 bits per heavy atom. The number of anilines is 1. The Labute approximate surface area is 153 Å². The van der Waals surface area contributed by atoms with Crippen LogP contribution in [0.1, 0.15) is 11.1 Å². The summed E-state index contributed by atoms with van der Waals surface area (Å²) in [6, 6.07) is 14.3. The molecule has 0 bridgehead atoms. The van der Waals surface area contributed by atoms with Gasteiger partial charge >= 0.3 is 6.18 Å². The number of benzene rings is 2. The summed E-state index contributed by atoms with van der Waals surface area (Å²) in [7, 11) is 0. The molecule has 1 unspecified atom stereocenters. The van der Waals surface area contributed by atoms with Gasteiger partial charge in [0.1, 0.15) is 5.84 Å². The molecule has 26 heavy (non-hydrogen) atoms. The number of nitrogens with zero attached hydrogens (tertiary/aromatic N) is 1. The van der Waals surface area contributed by atoms with Crippen molar-refractivity contribution in [1.82, 2.24) is 5.32 Å². The highest BCUT2D eigenvalue weighted by atomic mass is 35.5. The zero-order valence-corrected chi connectivity index (χ0v) is 14.3. The number of alkyl halides is 3. The predicted molar refractivity (Wildman–Crippen MR) is 96.6 cm³/mol. The standard InChI is InChI=1S/C18H16ClF3N4/c19-15-11-24-17(23,10-12-5-2-1-3-6-12)26-16(15)25-14-8-4-7-13(9-14)18(20,21)22/h1-9,11,24H,10,23H2,(H,25,26). The molecule has 0 radical (unpaired) electrons. The minimum atomic E-state index is -4.43. The molecule has 4 nitrogen and oxygen atoms in total. The maximum absolute atomic E-state index is 12.9. The SMILES string of the molecule is NC1(Cc2ccccc2)N=C(Nc2cccc(C(F)(F)F)c2)C(Cl)=CN1. The van der Waals surface area contributed by atoms with Crippen LogP contribution in [0.15, 0.2) is 70.8 Å². The van der Waals surface area contributed by atoms with Crippen molar-refractivity contribution in [3.05, 3.63) is 77.0 Å². The number of nitrogens with two attached hydrogens (primary N) is 1. The lowest BCUT2D eigenvalue weighted by Crippen LogP contribution is -2.54. The first-order valence-corrected chi connectivity index (χ1v) is 8.14. The molecule has 0 fully saturated rings. The lowest BCUT2D eigenvalue weighted by Gasteiger charge is -2.30. The Morgan fingerprint density at radius 2 is 1.85 bits per heavy atom. The van der Waals surface area contributed by atoms with Crippen molar-refractivity contribution in [3.63, 3.8) is 0 Å². The van der Waals surface area contributed by atoms with Crippen LogP contribution in [-0.2, 0) is 12.6 Å². The molecule has 0 saturated carbocycles. The number of hydrogen-bond acceptors (Lipinski definition) is 4. The zero-order chi connectivity index (χ0) is 18.8. The maximum Gasteiger partial charge on any atom is 0.416 e. The van der Waals surface area contributed by atoms with Gasteiger partial charge in [0.25, 0.3) is 0 Å². The van der Waals surface area contributed by atoms with E-state index in [4.69, 9.17) is 17.3 Å². The maximum atomic E-state index is 12.9. The van der Waals surface area contributed by atoms with Crippen molar-refractivity contribution in [3.8, 4) is 0 Å². The molecule has 0 spiro atoms. The minimum absolute atomic E-state index is 0.197. The quantitative estimate of drug-likeness (QED) is 0.752. The molecule has 0 amide bonds. The predicted octanol–water partition coefficient (Wildman–Crippen LogP) is 4.05. The number of rotatable bonds is 3. The molecule has 0 saturated heterocycles. The molecule has 1 heterocycles. The van der Waals surface area contributed by atoms with Crippen molar-refractivity contribution >= 4 is 23.1 Å². The fraction of sp³-hybridized carbons (Fsp3) is 0.167. The first-order chi connectivity index (χ1) is 12.3. The Bertz CT molecular complexity index is 849. The fourth-order valence-corrected chi connectivity index (χ4v) is 2.68. The average Bonchev–Trinajstić information content (AvgIpc) is 2.59. The van der Waals surface area contributed by atoms with E-state index in [-0.39, 0.29) is 16.6 Å². The third kappa shape index (κ3) is 4.36. The molecular formula is C18H16ClF3N4. The van der Waals surface area contributed by atoms with E-state index < -0.39 is 17.5 Å². The van der Waals surface area contributed by atoms with E-state index in [2.05, 4.69) is 15.6 Å². The van der Waals surface area contributed by atoms with Gasteiger partial charge in [0.2, 0.25) is 0 Å². The van der Waals surface area contributed by atoms with Gasteiger partial charge in [-0.05, 0) is 23.8 Å². The summed E-state index contributed by atoms with van der Waals surface area (Å²) in [5.74, 6) is -0.966. The first kappa shape index (κ1) is 18.3. The summed E-state index contributed by atoms with van der Waals surface area (Å²) in [4.78, 5) is 4.37. The monoisotopic (exact) mass is 380 g/mol. The van der Waals surface area contributed by atoms with E-state index in [9.17, 15) is 13.2 Å². The van der Waals surface area contributed by atoms with Gasteiger partial charge in [-0.2, -0.15) is 13.2 Å². The molecule has 2 aromatic carbocycles. The van der Waals surface area contributed by atoms with Crippen LogP contribution in [0, 0.1) is 0 Å². The van der Waals surface area contributed by atoms with Gasteiger partial charge < -0.3 is 10.6 Å². The molecule has 1 aliphatic rings. The summed E-state index contributed by atoms with van der Waals surface area (Å²) >= 11 is 6.12. The topological polar surface area (TPSA) is 62.4 Å². The van der Waals surface area contributed by atoms with Gasteiger partial charge in [-0.1, -0.05) is 48.0 Å². The highest BCUT2D eigenvalue weighted by Gasteiger charge is 2.31. The third-order valence-electron chi connectivity index (χ3n) is 3.76. The number of hydrogen-bond donors (Lipinski definition) is 3. The Hall–Kier alpha value is -2.51.